The Morgan fingerprint density at radius 2 is 1.31 bits per heavy atom. The molecule has 0 atom stereocenters. The average Bonchev–Trinajstić information content (AvgIpc) is 2.67. The number of hydrogen-bond donors (Lipinski definition) is 0. The molecular weight excluding hydrogens is 364 g/mol. The summed E-state index contributed by atoms with van der Waals surface area (Å²) >= 11 is 0. The molecule has 4 heterocycles. The number of likely N-dealkylation sites (tertiary alicyclic amines) is 4. The maximum atomic E-state index is 12.6. The van der Waals surface area contributed by atoms with Gasteiger partial charge in [0.2, 0.25) is 11.8 Å². The van der Waals surface area contributed by atoms with Crippen molar-refractivity contribution in [2.75, 3.05) is 59.4 Å². The Hall–Kier alpha value is -1.14. The smallest absolute Gasteiger partial charge is 0.223 e. The lowest BCUT2D eigenvalue weighted by Gasteiger charge is -2.62. The van der Waals surface area contributed by atoms with E-state index in [4.69, 9.17) is 0 Å². The van der Waals surface area contributed by atoms with Gasteiger partial charge in [0.1, 0.15) is 0 Å². The van der Waals surface area contributed by atoms with E-state index in [1.165, 1.54) is 26.2 Å². The summed E-state index contributed by atoms with van der Waals surface area (Å²) in [4.78, 5) is 34.2. The van der Waals surface area contributed by atoms with E-state index in [0.29, 0.717) is 30.2 Å². The van der Waals surface area contributed by atoms with Crippen LogP contribution in [-0.2, 0) is 9.59 Å². The molecule has 164 valence electrons. The van der Waals surface area contributed by atoms with Crippen molar-refractivity contribution >= 4 is 11.8 Å². The quantitative estimate of drug-likeness (QED) is 0.702. The van der Waals surface area contributed by atoms with E-state index in [1.54, 1.807) is 0 Å². The molecule has 0 radical (unpaired) electrons. The first kappa shape index (κ1) is 21.1. The first-order chi connectivity index (χ1) is 13.8. The number of nitrogens with zero attached hydrogens (tertiary/aromatic N) is 4. The molecule has 4 saturated heterocycles. The number of piperidine rings is 2. The van der Waals surface area contributed by atoms with Crippen LogP contribution in [-0.4, -0.2) is 96.9 Å². The van der Waals surface area contributed by atoms with Crippen molar-refractivity contribution in [3.63, 3.8) is 0 Å². The van der Waals surface area contributed by atoms with Crippen LogP contribution in [0.15, 0.2) is 0 Å². The minimum atomic E-state index is 0.173. The molecule has 0 aromatic carbocycles. The lowest BCUT2D eigenvalue weighted by atomic mass is 9.72. The van der Waals surface area contributed by atoms with Crippen molar-refractivity contribution in [2.24, 2.45) is 17.3 Å². The molecule has 0 N–H and O–H groups in total. The van der Waals surface area contributed by atoms with Gasteiger partial charge < -0.3 is 14.7 Å². The zero-order chi connectivity index (χ0) is 20.6. The van der Waals surface area contributed by atoms with Crippen molar-refractivity contribution in [1.29, 1.82) is 0 Å². The van der Waals surface area contributed by atoms with Crippen LogP contribution in [0.5, 0.6) is 0 Å². The maximum absolute atomic E-state index is 12.6. The van der Waals surface area contributed by atoms with Gasteiger partial charge in [-0.25, -0.2) is 0 Å². The first-order valence-electron chi connectivity index (χ1n) is 11.8. The lowest BCUT2D eigenvalue weighted by molar-refractivity contribution is -0.142. The van der Waals surface area contributed by atoms with Gasteiger partial charge in [0.15, 0.2) is 0 Å². The largest absolute Gasteiger partial charge is 0.343 e. The first-order valence-corrected chi connectivity index (χ1v) is 11.8. The minimum absolute atomic E-state index is 0.173. The van der Waals surface area contributed by atoms with Gasteiger partial charge in [-0.2, -0.15) is 0 Å². The van der Waals surface area contributed by atoms with E-state index in [1.807, 2.05) is 9.80 Å². The Balaban J connectivity index is 1.12. The Morgan fingerprint density at radius 3 is 1.76 bits per heavy atom. The topological polar surface area (TPSA) is 47.1 Å². The Labute approximate surface area is 176 Å². The third-order valence-electron chi connectivity index (χ3n) is 8.01. The minimum Gasteiger partial charge on any atom is -0.343 e. The normalized spacial score (nSPS) is 26.6. The zero-order valence-electron chi connectivity index (χ0n) is 18.7. The van der Waals surface area contributed by atoms with Gasteiger partial charge in [0, 0.05) is 76.7 Å². The SMILES string of the molecule is CC(C)C1CCN(C(=O)CCC(=O)N2CCC(N3CC4(CN(C)C4)C3)CC2)CC1. The molecule has 4 aliphatic heterocycles. The van der Waals surface area contributed by atoms with Crippen molar-refractivity contribution in [2.45, 2.75) is 58.4 Å². The summed E-state index contributed by atoms with van der Waals surface area (Å²) in [5, 5.41) is 0. The summed E-state index contributed by atoms with van der Waals surface area (Å²) < 4.78 is 0. The molecule has 2 amide bonds. The molecule has 0 aromatic heterocycles. The van der Waals surface area contributed by atoms with Crippen LogP contribution in [0, 0.1) is 17.3 Å². The molecule has 29 heavy (non-hydrogen) atoms. The predicted molar refractivity (Wildman–Crippen MR) is 114 cm³/mol. The van der Waals surface area contributed by atoms with Crippen LogP contribution in [0.2, 0.25) is 0 Å². The van der Waals surface area contributed by atoms with Crippen LogP contribution >= 0.6 is 0 Å². The lowest BCUT2D eigenvalue weighted by Crippen LogP contribution is -2.73. The summed E-state index contributed by atoms with van der Waals surface area (Å²) in [7, 11) is 2.20. The van der Waals surface area contributed by atoms with Gasteiger partial charge in [0.05, 0.1) is 0 Å². The average molecular weight is 405 g/mol. The van der Waals surface area contributed by atoms with Gasteiger partial charge in [-0.3, -0.25) is 14.5 Å². The van der Waals surface area contributed by atoms with E-state index in [0.717, 1.165) is 57.8 Å². The Morgan fingerprint density at radius 1 is 0.828 bits per heavy atom. The van der Waals surface area contributed by atoms with Crippen molar-refractivity contribution in [3.05, 3.63) is 0 Å². The summed E-state index contributed by atoms with van der Waals surface area (Å²) in [5.74, 6) is 1.79. The zero-order valence-corrected chi connectivity index (χ0v) is 18.7. The molecule has 0 aliphatic carbocycles. The molecular formula is C23H40N4O2. The van der Waals surface area contributed by atoms with Crippen LogP contribution in [0.1, 0.15) is 52.4 Å². The number of carbonyl (C=O) groups is 2. The second kappa shape index (κ2) is 8.54. The summed E-state index contributed by atoms with van der Waals surface area (Å²) in [5.41, 5.74) is 0.589. The molecule has 0 bridgehead atoms. The van der Waals surface area contributed by atoms with Crippen molar-refractivity contribution < 1.29 is 9.59 Å². The second-order valence-electron chi connectivity index (χ2n) is 10.7. The van der Waals surface area contributed by atoms with Crippen molar-refractivity contribution in [3.8, 4) is 0 Å². The number of carbonyl (C=O) groups excluding carboxylic acids is 2. The van der Waals surface area contributed by atoms with Crippen LogP contribution in [0.4, 0.5) is 0 Å². The second-order valence-corrected chi connectivity index (χ2v) is 10.7. The highest BCUT2D eigenvalue weighted by atomic mass is 16.2. The van der Waals surface area contributed by atoms with Crippen molar-refractivity contribution in [1.82, 2.24) is 19.6 Å². The monoisotopic (exact) mass is 404 g/mol. The number of rotatable bonds is 5. The van der Waals surface area contributed by atoms with Gasteiger partial charge in [-0.1, -0.05) is 13.8 Å². The standard InChI is InChI=1S/C23H40N4O2/c1-18(2)19-6-10-25(11-7-19)21(28)4-5-22(29)26-12-8-20(9-13-26)27-16-23(17-27)14-24(3)15-23/h18-20H,4-17H2,1-3H3. The Bertz CT molecular complexity index is 592. The number of hydrogen-bond acceptors (Lipinski definition) is 4. The fourth-order valence-corrected chi connectivity index (χ4v) is 6.20. The fourth-order valence-electron chi connectivity index (χ4n) is 6.20. The van der Waals surface area contributed by atoms with Crippen LogP contribution in [0.3, 0.4) is 0 Å². The number of amides is 2. The molecule has 0 saturated carbocycles. The maximum Gasteiger partial charge on any atom is 0.223 e. The highest BCUT2D eigenvalue weighted by Crippen LogP contribution is 2.41. The molecule has 1 spiro atoms. The Kier molecular flexibility index (Phi) is 6.22. The summed E-state index contributed by atoms with van der Waals surface area (Å²) in [6, 6.07) is 0.652. The fraction of sp³-hybridized carbons (Fsp3) is 0.913. The summed E-state index contributed by atoms with van der Waals surface area (Å²) in [6.07, 6.45) is 5.17. The highest BCUT2D eigenvalue weighted by molar-refractivity contribution is 5.84. The molecule has 4 rings (SSSR count). The molecule has 6 heteroatoms. The highest BCUT2D eigenvalue weighted by Gasteiger charge is 2.52. The third-order valence-corrected chi connectivity index (χ3v) is 8.01. The molecule has 4 fully saturated rings. The third kappa shape index (κ3) is 4.63. The van der Waals surface area contributed by atoms with E-state index >= 15 is 0 Å². The van der Waals surface area contributed by atoms with E-state index < -0.39 is 0 Å². The van der Waals surface area contributed by atoms with Crippen LogP contribution < -0.4 is 0 Å². The van der Waals surface area contributed by atoms with E-state index in [-0.39, 0.29) is 11.8 Å². The predicted octanol–water partition coefficient (Wildman–Crippen LogP) is 1.90. The summed E-state index contributed by atoms with van der Waals surface area (Å²) in [6.45, 7) is 13.0. The van der Waals surface area contributed by atoms with E-state index in [2.05, 4.69) is 30.7 Å². The van der Waals surface area contributed by atoms with E-state index in [9.17, 15) is 9.59 Å². The molecule has 4 aliphatic rings. The molecule has 0 unspecified atom stereocenters. The van der Waals surface area contributed by atoms with Gasteiger partial charge in [-0.15, -0.1) is 0 Å². The van der Waals surface area contributed by atoms with Crippen LogP contribution in [0.25, 0.3) is 0 Å². The van der Waals surface area contributed by atoms with Gasteiger partial charge >= 0.3 is 0 Å². The van der Waals surface area contributed by atoms with Gasteiger partial charge in [-0.05, 0) is 44.6 Å². The van der Waals surface area contributed by atoms with Gasteiger partial charge in [0.25, 0.3) is 0 Å². The molecule has 6 nitrogen and oxygen atoms in total. The molecule has 0 aromatic rings.